The SMILES string of the molecule is CCOC(=O)N(CS)C(=O)OCC. The minimum atomic E-state index is -0.740. The normalized spacial score (nSPS) is 9.15. The zero-order valence-electron chi connectivity index (χ0n) is 7.65. The summed E-state index contributed by atoms with van der Waals surface area (Å²) in [6.07, 6.45) is -1.48. The third-order valence-corrected chi connectivity index (χ3v) is 1.40. The lowest BCUT2D eigenvalue weighted by atomic mass is 10.8. The molecule has 0 aliphatic carbocycles. The standard InChI is InChI=1S/C7H13NO4S/c1-3-11-6(9)8(5-13)7(10)12-4-2/h13H,3-5H2,1-2H3. The molecule has 0 aliphatic heterocycles. The van der Waals surface area contributed by atoms with E-state index in [1.54, 1.807) is 13.8 Å². The Bertz CT molecular complexity index is 167. The Kier molecular flexibility index (Phi) is 6.13. The van der Waals surface area contributed by atoms with Gasteiger partial charge in [0.25, 0.3) is 0 Å². The highest BCUT2D eigenvalue weighted by molar-refractivity contribution is 7.80. The Morgan fingerprint density at radius 2 is 1.54 bits per heavy atom. The molecule has 0 radical (unpaired) electrons. The minimum Gasteiger partial charge on any atom is -0.449 e. The van der Waals surface area contributed by atoms with Crippen LogP contribution in [0, 0.1) is 0 Å². The van der Waals surface area contributed by atoms with Crippen molar-refractivity contribution in [2.75, 3.05) is 19.1 Å². The van der Waals surface area contributed by atoms with E-state index in [0.29, 0.717) is 0 Å². The smallest absolute Gasteiger partial charge is 0.420 e. The zero-order valence-corrected chi connectivity index (χ0v) is 8.54. The van der Waals surface area contributed by atoms with Crippen LogP contribution in [-0.2, 0) is 9.47 Å². The summed E-state index contributed by atoms with van der Waals surface area (Å²) < 4.78 is 9.20. The highest BCUT2D eigenvalue weighted by Crippen LogP contribution is 1.99. The summed E-state index contributed by atoms with van der Waals surface area (Å²) in [4.78, 5) is 22.9. The van der Waals surface area contributed by atoms with Crippen LogP contribution in [0.25, 0.3) is 0 Å². The molecule has 0 heterocycles. The number of carbonyl (C=O) groups is 2. The number of carbonyl (C=O) groups excluding carboxylic acids is 2. The number of amides is 2. The Morgan fingerprint density at radius 3 is 1.77 bits per heavy atom. The van der Waals surface area contributed by atoms with Crippen LogP contribution in [0.15, 0.2) is 0 Å². The van der Waals surface area contributed by atoms with Crippen LogP contribution in [0.3, 0.4) is 0 Å². The van der Waals surface area contributed by atoms with E-state index >= 15 is 0 Å². The van der Waals surface area contributed by atoms with Crippen molar-refractivity contribution >= 4 is 24.8 Å². The summed E-state index contributed by atoms with van der Waals surface area (Å²) in [6, 6.07) is 0. The summed E-state index contributed by atoms with van der Waals surface area (Å²) >= 11 is 3.80. The Balaban J connectivity index is 4.15. The van der Waals surface area contributed by atoms with Crippen molar-refractivity contribution in [1.29, 1.82) is 0 Å². The average Bonchev–Trinajstić information content (AvgIpc) is 2.06. The van der Waals surface area contributed by atoms with E-state index in [0.717, 1.165) is 4.90 Å². The maximum atomic E-state index is 11.0. The molecule has 0 fully saturated rings. The van der Waals surface area contributed by atoms with Gasteiger partial charge in [0.1, 0.15) is 0 Å². The van der Waals surface area contributed by atoms with E-state index in [4.69, 9.17) is 0 Å². The van der Waals surface area contributed by atoms with Crippen molar-refractivity contribution in [2.45, 2.75) is 13.8 Å². The van der Waals surface area contributed by atoms with Gasteiger partial charge in [-0.2, -0.15) is 12.6 Å². The van der Waals surface area contributed by atoms with E-state index in [-0.39, 0.29) is 19.1 Å². The van der Waals surface area contributed by atoms with E-state index < -0.39 is 12.2 Å². The van der Waals surface area contributed by atoms with Crippen LogP contribution < -0.4 is 0 Å². The molecule has 0 saturated heterocycles. The Hall–Kier alpha value is -0.910. The molecular weight excluding hydrogens is 194 g/mol. The van der Waals surface area contributed by atoms with Gasteiger partial charge in [-0.05, 0) is 13.8 Å². The van der Waals surface area contributed by atoms with Crippen LogP contribution in [0.1, 0.15) is 13.8 Å². The van der Waals surface area contributed by atoms with Gasteiger partial charge in [0.05, 0.1) is 19.1 Å². The van der Waals surface area contributed by atoms with Crippen molar-refractivity contribution < 1.29 is 19.1 Å². The first-order chi connectivity index (χ1) is 6.17. The quantitative estimate of drug-likeness (QED) is 0.562. The Morgan fingerprint density at radius 1 is 1.15 bits per heavy atom. The highest BCUT2D eigenvalue weighted by Gasteiger charge is 2.21. The van der Waals surface area contributed by atoms with Gasteiger partial charge in [0.2, 0.25) is 0 Å². The number of imide groups is 1. The minimum absolute atomic E-state index is 0.0579. The fraction of sp³-hybridized carbons (Fsp3) is 0.714. The third kappa shape index (κ3) is 4.02. The molecule has 76 valence electrons. The number of ether oxygens (including phenoxy) is 2. The number of rotatable bonds is 3. The molecule has 0 aromatic carbocycles. The van der Waals surface area contributed by atoms with Crippen LogP contribution in [0.4, 0.5) is 9.59 Å². The molecule has 0 rings (SSSR count). The molecule has 5 nitrogen and oxygen atoms in total. The topological polar surface area (TPSA) is 55.8 Å². The van der Waals surface area contributed by atoms with Gasteiger partial charge in [0.15, 0.2) is 0 Å². The fourth-order valence-electron chi connectivity index (χ4n) is 0.593. The lowest BCUT2D eigenvalue weighted by Crippen LogP contribution is -2.36. The van der Waals surface area contributed by atoms with Gasteiger partial charge in [-0.15, -0.1) is 0 Å². The molecule has 6 heteroatoms. The van der Waals surface area contributed by atoms with Gasteiger partial charge in [-0.25, -0.2) is 14.5 Å². The van der Waals surface area contributed by atoms with Crippen molar-refractivity contribution in [3.05, 3.63) is 0 Å². The van der Waals surface area contributed by atoms with E-state index in [1.165, 1.54) is 0 Å². The van der Waals surface area contributed by atoms with Crippen LogP contribution in [0.2, 0.25) is 0 Å². The van der Waals surface area contributed by atoms with Crippen LogP contribution in [0.5, 0.6) is 0 Å². The lowest BCUT2D eigenvalue weighted by molar-refractivity contribution is 0.0878. The molecule has 0 bridgehead atoms. The summed E-state index contributed by atoms with van der Waals surface area (Å²) in [5, 5.41) is 0. The van der Waals surface area contributed by atoms with Gasteiger partial charge in [-0.3, -0.25) is 0 Å². The predicted molar refractivity (Wildman–Crippen MR) is 49.7 cm³/mol. The summed E-state index contributed by atoms with van der Waals surface area (Å²) in [5.41, 5.74) is 0. The maximum Gasteiger partial charge on any atom is 0.420 e. The van der Waals surface area contributed by atoms with Crippen molar-refractivity contribution in [1.82, 2.24) is 4.90 Å². The maximum absolute atomic E-state index is 11.0. The zero-order chi connectivity index (χ0) is 10.3. The van der Waals surface area contributed by atoms with Crippen LogP contribution in [-0.4, -0.2) is 36.2 Å². The molecule has 0 atom stereocenters. The summed E-state index contributed by atoms with van der Waals surface area (Å²) in [6.45, 7) is 3.73. The Labute approximate surface area is 82.4 Å². The predicted octanol–water partition coefficient (Wildman–Crippen LogP) is 1.49. The number of nitrogens with zero attached hydrogens (tertiary/aromatic N) is 1. The fourth-order valence-corrected chi connectivity index (χ4v) is 0.824. The highest BCUT2D eigenvalue weighted by atomic mass is 32.1. The van der Waals surface area contributed by atoms with E-state index in [1.807, 2.05) is 0 Å². The molecule has 0 aliphatic rings. The second-order valence-electron chi connectivity index (χ2n) is 1.97. The van der Waals surface area contributed by atoms with Gasteiger partial charge in [-0.1, -0.05) is 0 Å². The lowest BCUT2D eigenvalue weighted by Gasteiger charge is -2.16. The van der Waals surface area contributed by atoms with Crippen molar-refractivity contribution in [3.8, 4) is 0 Å². The first kappa shape index (κ1) is 12.1. The van der Waals surface area contributed by atoms with Crippen molar-refractivity contribution in [2.24, 2.45) is 0 Å². The van der Waals surface area contributed by atoms with Gasteiger partial charge >= 0.3 is 12.2 Å². The van der Waals surface area contributed by atoms with E-state index in [2.05, 4.69) is 22.1 Å². The molecular formula is C7H13NO4S. The average molecular weight is 207 g/mol. The molecule has 0 N–H and O–H groups in total. The molecule has 13 heavy (non-hydrogen) atoms. The molecule has 0 saturated carbocycles. The molecule has 2 amide bonds. The molecule has 0 unspecified atom stereocenters. The number of hydrogen-bond donors (Lipinski definition) is 1. The molecule has 0 spiro atoms. The number of hydrogen-bond acceptors (Lipinski definition) is 5. The third-order valence-electron chi connectivity index (χ3n) is 1.12. The van der Waals surface area contributed by atoms with Crippen molar-refractivity contribution in [3.63, 3.8) is 0 Å². The van der Waals surface area contributed by atoms with Gasteiger partial charge < -0.3 is 9.47 Å². The van der Waals surface area contributed by atoms with Crippen LogP contribution >= 0.6 is 12.6 Å². The van der Waals surface area contributed by atoms with Gasteiger partial charge in [0, 0.05) is 0 Å². The monoisotopic (exact) mass is 207 g/mol. The number of thiol groups is 1. The summed E-state index contributed by atoms with van der Waals surface area (Å²) in [5.74, 6) is -0.0579. The van der Waals surface area contributed by atoms with E-state index in [9.17, 15) is 9.59 Å². The first-order valence-corrected chi connectivity index (χ1v) is 4.52. The first-order valence-electron chi connectivity index (χ1n) is 3.89. The second kappa shape index (κ2) is 6.59. The molecule has 0 aromatic rings. The molecule has 0 aromatic heterocycles. The summed E-state index contributed by atoms with van der Waals surface area (Å²) in [7, 11) is 0. The second-order valence-corrected chi connectivity index (χ2v) is 2.25. The largest absolute Gasteiger partial charge is 0.449 e.